The Hall–Kier alpha value is -2.49. The van der Waals surface area contributed by atoms with Crippen molar-refractivity contribution in [2.75, 3.05) is 11.9 Å². The molecule has 0 heterocycles. The number of amides is 1. The average Bonchev–Trinajstić information content (AvgIpc) is 2.61. The van der Waals surface area contributed by atoms with Crippen LogP contribution in [0.4, 0.5) is 5.69 Å². The zero-order chi connectivity index (χ0) is 18.2. The van der Waals surface area contributed by atoms with E-state index in [1.807, 2.05) is 48.5 Å². The van der Waals surface area contributed by atoms with Gasteiger partial charge >= 0.3 is 0 Å². The van der Waals surface area contributed by atoms with Crippen LogP contribution in [0.2, 0.25) is 0 Å². The Kier molecular flexibility index (Phi) is 6.87. The molecule has 0 aromatic heterocycles. The zero-order valence-electron chi connectivity index (χ0n) is 15.4. The molecule has 0 unspecified atom stereocenters. The molecule has 2 aromatic carbocycles. The Balaban J connectivity index is 1.89. The number of rotatable bonds is 8. The molecular weight excluding hydrogens is 314 g/mol. The van der Waals surface area contributed by atoms with Crippen molar-refractivity contribution < 1.29 is 14.3 Å². The quantitative estimate of drug-likeness (QED) is 0.734. The van der Waals surface area contributed by atoms with Gasteiger partial charge in [0.15, 0.2) is 6.10 Å². The summed E-state index contributed by atoms with van der Waals surface area (Å²) in [6, 6.07) is 15.2. The van der Waals surface area contributed by atoms with Crippen molar-refractivity contribution >= 4 is 11.6 Å². The molecule has 4 nitrogen and oxygen atoms in total. The fraction of sp³-hybridized carbons (Fsp3) is 0.381. The van der Waals surface area contributed by atoms with Crippen molar-refractivity contribution in [2.24, 2.45) is 0 Å². The summed E-state index contributed by atoms with van der Waals surface area (Å²) in [6.45, 7) is 8.78. The van der Waals surface area contributed by atoms with Crippen LogP contribution in [-0.2, 0) is 4.79 Å². The molecule has 0 radical (unpaired) electrons. The molecule has 4 heteroatoms. The van der Waals surface area contributed by atoms with Crippen LogP contribution in [0.5, 0.6) is 11.5 Å². The molecule has 25 heavy (non-hydrogen) atoms. The van der Waals surface area contributed by atoms with Gasteiger partial charge in [-0.15, -0.1) is 0 Å². The monoisotopic (exact) mass is 341 g/mol. The number of ether oxygens (including phenoxy) is 2. The highest BCUT2D eigenvalue weighted by molar-refractivity contribution is 5.94. The lowest BCUT2D eigenvalue weighted by molar-refractivity contribution is -0.122. The Morgan fingerprint density at radius 1 is 0.960 bits per heavy atom. The number of carbonyl (C=O) groups is 1. The third-order valence-electron chi connectivity index (χ3n) is 3.82. The first kappa shape index (κ1) is 18.8. The summed E-state index contributed by atoms with van der Waals surface area (Å²) in [5, 5.41) is 2.86. The van der Waals surface area contributed by atoms with Gasteiger partial charge in [-0.25, -0.2) is 0 Å². The summed E-state index contributed by atoms with van der Waals surface area (Å²) in [4.78, 5) is 12.3. The maximum atomic E-state index is 12.3. The second-order valence-corrected chi connectivity index (χ2v) is 6.35. The van der Waals surface area contributed by atoms with Crippen molar-refractivity contribution in [3.8, 4) is 11.5 Å². The van der Waals surface area contributed by atoms with E-state index in [2.05, 4.69) is 26.1 Å². The lowest BCUT2D eigenvalue weighted by Crippen LogP contribution is -2.30. The highest BCUT2D eigenvalue weighted by Crippen LogP contribution is 2.20. The van der Waals surface area contributed by atoms with Crippen LogP contribution < -0.4 is 14.8 Å². The molecule has 1 amide bonds. The van der Waals surface area contributed by atoms with Crippen molar-refractivity contribution in [3.63, 3.8) is 0 Å². The molecule has 2 rings (SSSR count). The number of benzene rings is 2. The van der Waals surface area contributed by atoms with Gasteiger partial charge in [0.2, 0.25) is 0 Å². The Labute approximate surface area is 150 Å². The average molecular weight is 341 g/mol. The zero-order valence-corrected chi connectivity index (χ0v) is 15.4. The van der Waals surface area contributed by atoms with E-state index in [0.29, 0.717) is 18.3 Å². The van der Waals surface area contributed by atoms with Crippen LogP contribution in [0.25, 0.3) is 0 Å². The topological polar surface area (TPSA) is 47.6 Å². The molecule has 0 bridgehead atoms. The first-order valence-electron chi connectivity index (χ1n) is 8.80. The third-order valence-corrected chi connectivity index (χ3v) is 3.82. The van der Waals surface area contributed by atoms with Gasteiger partial charge in [-0.05, 0) is 61.2 Å². The van der Waals surface area contributed by atoms with Crippen LogP contribution in [0.1, 0.15) is 45.6 Å². The molecule has 0 spiro atoms. The van der Waals surface area contributed by atoms with Crippen molar-refractivity contribution in [1.29, 1.82) is 0 Å². The number of carbonyl (C=O) groups excluding carboxylic acids is 1. The Morgan fingerprint density at radius 2 is 1.56 bits per heavy atom. The van der Waals surface area contributed by atoms with E-state index >= 15 is 0 Å². The second kappa shape index (κ2) is 9.11. The van der Waals surface area contributed by atoms with Crippen molar-refractivity contribution in [2.45, 2.75) is 46.1 Å². The fourth-order valence-corrected chi connectivity index (χ4v) is 2.29. The maximum Gasteiger partial charge on any atom is 0.265 e. The van der Waals surface area contributed by atoms with E-state index in [-0.39, 0.29) is 5.91 Å². The number of anilines is 1. The van der Waals surface area contributed by atoms with Gasteiger partial charge in [0, 0.05) is 5.69 Å². The largest absolute Gasteiger partial charge is 0.494 e. The van der Waals surface area contributed by atoms with E-state index in [1.54, 1.807) is 6.92 Å². The standard InChI is InChI=1S/C21H27NO3/c1-5-14-24-19-12-8-18(9-13-19)22-21(23)16(4)25-20-10-6-17(7-11-20)15(2)3/h6-13,15-16H,5,14H2,1-4H3,(H,22,23)/t16-/m0/s1. The van der Waals surface area contributed by atoms with Crippen molar-refractivity contribution in [3.05, 3.63) is 54.1 Å². The lowest BCUT2D eigenvalue weighted by Gasteiger charge is -2.15. The van der Waals surface area contributed by atoms with E-state index in [0.717, 1.165) is 17.9 Å². The number of nitrogens with one attached hydrogen (secondary N) is 1. The van der Waals surface area contributed by atoms with E-state index < -0.39 is 6.10 Å². The first-order valence-corrected chi connectivity index (χ1v) is 8.80. The fourth-order valence-electron chi connectivity index (χ4n) is 2.29. The minimum Gasteiger partial charge on any atom is -0.494 e. The van der Waals surface area contributed by atoms with E-state index in [9.17, 15) is 4.79 Å². The molecule has 0 saturated heterocycles. The summed E-state index contributed by atoms with van der Waals surface area (Å²) in [6.07, 6.45) is 0.381. The van der Waals surface area contributed by atoms with Gasteiger partial charge in [0.1, 0.15) is 11.5 Å². The highest BCUT2D eigenvalue weighted by atomic mass is 16.5. The SMILES string of the molecule is CCCOc1ccc(NC(=O)[C@H](C)Oc2ccc(C(C)C)cc2)cc1. The highest BCUT2D eigenvalue weighted by Gasteiger charge is 2.15. The molecule has 1 atom stereocenters. The Bertz CT molecular complexity index is 663. The Morgan fingerprint density at radius 3 is 2.12 bits per heavy atom. The molecule has 0 aliphatic heterocycles. The molecule has 2 aromatic rings. The molecule has 0 saturated carbocycles. The summed E-state index contributed by atoms with van der Waals surface area (Å²) in [5.41, 5.74) is 1.97. The predicted octanol–water partition coefficient (Wildman–Crippen LogP) is 5.00. The predicted molar refractivity (Wildman–Crippen MR) is 101 cm³/mol. The van der Waals surface area contributed by atoms with E-state index in [1.165, 1.54) is 5.56 Å². The first-order chi connectivity index (χ1) is 12.0. The van der Waals surface area contributed by atoms with Gasteiger partial charge in [-0.1, -0.05) is 32.9 Å². The van der Waals surface area contributed by atoms with Gasteiger partial charge < -0.3 is 14.8 Å². The van der Waals surface area contributed by atoms with Gasteiger partial charge in [-0.2, -0.15) is 0 Å². The maximum absolute atomic E-state index is 12.3. The lowest BCUT2D eigenvalue weighted by atomic mass is 10.0. The molecule has 0 aliphatic carbocycles. The molecule has 0 aliphatic rings. The minimum absolute atomic E-state index is 0.185. The molecule has 1 N–H and O–H groups in total. The van der Waals surface area contributed by atoms with Gasteiger partial charge in [0.25, 0.3) is 5.91 Å². The van der Waals surface area contributed by atoms with Gasteiger partial charge in [-0.3, -0.25) is 4.79 Å². The van der Waals surface area contributed by atoms with Crippen LogP contribution in [0.3, 0.4) is 0 Å². The summed E-state index contributed by atoms with van der Waals surface area (Å²) < 4.78 is 11.3. The van der Waals surface area contributed by atoms with E-state index in [4.69, 9.17) is 9.47 Å². The summed E-state index contributed by atoms with van der Waals surface area (Å²) >= 11 is 0. The minimum atomic E-state index is -0.582. The number of hydrogen-bond donors (Lipinski definition) is 1. The molecular formula is C21H27NO3. The normalized spacial score (nSPS) is 11.9. The number of hydrogen-bond acceptors (Lipinski definition) is 3. The van der Waals surface area contributed by atoms with Crippen LogP contribution in [0, 0.1) is 0 Å². The second-order valence-electron chi connectivity index (χ2n) is 6.35. The summed E-state index contributed by atoms with van der Waals surface area (Å²) in [5.74, 6) is 1.78. The van der Waals surface area contributed by atoms with Gasteiger partial charge in [0.05, 0.1) is 6.61 Å². The van der Waals surface area contributed by atoms with Crippen molar-refractivity contribution in [1.82, 2.24) is 0 Å². The van der Waals surface area contributed by atoms with Crippen LogP contribution in [0.15, 0.2) is 48.5 Å². The molecule has 0 fully saturated rings. The smallest absolute Gasteiger partial charge is 0.265 e. The summed E-state index contributed by atoms with van der Waals surface area (Å²) in [7, 11) is 0. The third kappa shape index (κ3) is 5.82. The van der Waals surface area contributed by atoms with Crippen LogP contribution >= 0.6 is 0 Å². The molecule has 134 valence electrons. The van der Waals surface area contributed by atoms with Crippen LogP contribution in [-0.4, -0.2) is 18.6 Å².